The number of nitrogens with one attached hydrogen (secondary N) is 1. The number of rotatable bonds is 3. The summed E-state index contributed by atoms with van der Waals surface area (Å²) >= 11 is 8.70. The Morgan fingerprint density at radius 3 is 2.95 bits per heavy atom. The van der Waals surface area contributed by atoms with Gasteiger partial charge in [0.25, 0.3) is 5.91 Å². The second-order valence-corrected chi connectivity index (χ2v) is 6.41. The summed E-state index contributed by atoms with van der Waals surface area (Å²) in [7, 11) is 1.66. The van der Waals surface area contributed by atoms with Crippen molar-refractivity contribution in [2.45, 2.75) is 0 Å². The van der Waals surface area contributed by atoms with Crippen molar-refractivity contribution < 1.29 is 4.79 Å². The van der Waals surface area contributed by atoms with Gasteiger partial charge in [0, 0.05) is 12.4 Å². The van der Waals surface area contributed by atoms with E-state index in [-0.39, 0.29) is 5.91 Å². The molecule has 0 aliphatic heterocycles. The van der Waals surface area contributed by atoms with E-state index < -0.39 is 0 Å². The Hall–Kier alpha value is -1.77. The zero-order chi connectivity index (χ0) is 14.1. The summed E-state index contributed by atoms with van der Waals surface area (Å²) in [5.41, 5.74) is 1.17. The van der Waals surface area contributed by atoms with Gasteiger partial charge >= 0.3 is 0 Å². The summed E-state index contributed by atoms with van der Waals surface area (Å²) in [5.74, 6) is -0.289. The number of thiazole rings is 1. The van der Waals surface area contributed by atoms with E-state index >= 15 is 0 Å². The van der Waals surface area contributed by atoms with Crippen molar-refractivity contribution in [3.8, 4) is 10.6 Å². The van der Waals surface area contributed by atoms with Crippen LogP contribution in [0.5, 0.6) is 0 Å². The number of aryl methyl sites for hydroxylation is 1. The molecule has 0 atom stereocenters. The minimum Gasteiger partial charge on any atom is -0.296 e. The number of hydrogen-bond donors (Lipinski definition) is 1. The van der Waals surface area contributed by atoms with Gasteiger partial charge in [0.05, 0.1) is 21.1 Å². The number of hydrogen-bond acceptors (Lipinski definition) is 6. The van der Waals surface area contributed by atoms with Crippen LogP contribution in [-0.2, 0) is 7.05 Å². The number of carbonyl (C=O) groups excluding carboxylic acids is 1. The molecule has 0 aliphatic rings. The number of carbonyl (C=O) groups is 1. The fourth-order valence-corrected chi connectivity index (χ4v) is 3.34. The summed E-state index contributed by atoms with van der Waals surface area (Å²) in [5, 5.41) is 12.5. The second-order valence-electron chi connectivity index (χ2n) is 3.84. The fourth-order valence-electron chi connectivity index (χ4n) is 1.55. The number of thiophene rings is 1. The Balaban J connectivity index is 1.78. The maximum atomic E-state index is 12.0. The molecule has 9 heteroatoms. The van der Waals surface area contributed by atoms with Gasteiger partial charge in [-0.25, -0.2) is 9.67 Å². The van der Waals surface area contributed by atoms with Crippen LogP contribution in [0.15, 0.2) is 23.7 Å². The van der Waals surface area contributed by atoms with Gasteiger partial charge in [-0.1, -0.05) is 16.8 Å². The van der Waals surface area contributed by atoms with Crippen LogP contribution in [-0.4, -0.2) is 25.9 Å². The van der Waals surface area contributed by atoms with E-state index in [9.17, 15) is 4.79 Å². The first-order valence-corrected chi connectivity index (χ1v) is 7.58. The van der Waals surface area contributed by atoms with Crippen LogP contribution >= 0.6 is 34.3 Å². The number of aromatic nitrogens is 4. The molecule has 3 aromatic rings. The van der Waals surface area contributed by atoms with E-state index in [0.29, 0.717) is 15.2 Å². The Bertz CT molecular complexity index is 762. The molecule has 20 heavy (non-hydrogen) atoms. The summed E-state index contributed by atoms with van der Waals surface area (Å²) in [6.07, 6.45) is 1.41. The molecule has 0 aliphatic carbocycles. The van der Waals surface area contributed by atoms with Gasteiger partial charge in [-0.3, -0.25) is 10.1 Å². The molecule has 0 saturated carbocycles. The monoisotopic (exact) mass is 325 g/mol. The summed E-state index contributed by atoms with van der Waals surface area (Å²) in [6, 6.07) is 3.72. The molecule has 6 nitrogen and oxygen atoms in total. The van der Waals surface area contributed by atoms with Gasteiger partial charge in [0.15, 0.2) is 5.13 Å². The van der Waals surface area contributed by atoms with E-state index in [2.05, 4.69) is 20.6 Å². The zero-order valence-electron chi connectivity index (χ0n) is 10.2. The number of halogens is 1. The predicted molar refractivity (Wildman–Crippen MR) is 79.4 cm³/mol. The molecule has 0 bridgehead atoms. The lowest BCUT2D eigenvalue weighted by Crippen LogP contribution is -2.15. The van der Waals surface area contributed by atoms with E-state index in [1.807, 2.05) is 17.5 Å². The van der Waals surface area contributed by atoms with Crippen LogP contribution in [0.2, 0.25) is 4.34 Å². The summed E-state index contributed by atoms with van der Waals surface area (Å²) in [6.45, 7) is 0. The number of anilines is 1. The maximum Gasteiger partial charge on any atom is 0.277 e. The topological polar surface area (TPSA) is 72.7 Å². The Kier molecular flexibility index (Phi) is 3.51. The van der Waals surface area contributed by atoms with Gasteiger partial charge in [-0.2, -0.15) is 0 Å². The third kappa shape index (κ3) is 2.58. The summed E-state index contributed by atoms with van der Waals surface area (Å²) in [4.78, 5) is 17.3. The van der Waals surface area contributed by atoms with Gasteiger partial charge in [0.2, 0.25) is 0 Å². The molecule has 102 valence electrons. The minimum absolute atomic E-state index is 0.289. The van der Waals surface area contributed by atoms with E-state index in [4.69, 9.17) is 11.6 Å². The van der Waals surface area contributed by atoms with Gasteiger partial charge < -0.3 is 0 Å². The van der Waals surface area contributed by atoms with Crippen LogP contribution < -0.4 is 5.32 Å². The van der Waals surface area contributed by atoms with Crippen molar-refractivity contribution in [2.24, 2.45) is 7.05 Å². The van der Waals surface area contributed by atoms with Crippen molar-refractivity contribution in [2.75, 3.05) is 5.32 Å². The lowest BCUT2D eigenvalue weighted by molar-refractivity contribution is 0.101. The molecule has 0 fully saturated rings. The molecule has 1 amide bonds. The number of nitrogens with zero attached hydrogens (tertiary/aromatic N) is 4. The first-order chi connectivity index (χ1) is 9.63. The fraction of sp³-hybridized carbons (Fsp3) is 0.0909. The normalized spacial score (nSPS) is 10.7. The zero-order valence-corrected chi connectivity index (χ0v) is 12.6. The molecule has 3 heterocycles. The van der Waals surface area contributed by atoms with Crippen LogP contribution in [0.25, 0.3) is 10.6 Å². The molecule has 0 saturated heterocycles. The van der Waals surface area contributed by atoms with E-state index in [1.165, 1.54) is 33.6 Å². The largest absolute Gasteiger partial charge is 0.296 e. The molecule has 0 spiro atoms. The minimum atomic E-state index is -0.289. The molecule has 0 aromatic carbocycles. The average molecular weight is 326 g/mol. The van der Waals surface area contributed by atoms with Crippen molar-refractivity contribution >= 4 is 45.3 Å². The van der Waals surface area contributed by atoms with Gasteiger partial charge in [-0.05, 0) is 12.1 Å². The highest BCUT2D eigenvalue weighted by Crippen LogP contribution is 2.32. The molecule has 0 radical (unpaired) electrons. The Labute approximate surface area is 127 Å². The summed E-state index contributed by atoms with van der Waals surface area (Å²) < 4.78 is 2.11. The third-order valence-electron chi connectivity index (χ3n) is 2.50. The van der Waals surface area contributed by atoms with E-state index in [1.54, 1.807) is 7.05 Å². The Morgan fingerprint density at radius 2 is 2.30 bits per heavy atom. The van der Waals surface area contributed by atoms with Crippen LogP contribution in [0.4, 0.5) is 5.13 Å². The van der Waals surface area contributed by atoms with Crippen LogP contribution in [0.1, 0.15) is 10.5 Å². The predicted octanol–water partition coefficient (Wildman–Crippen LogP) is 2.91. The number of amides is 1. The quantitative estimate of drug-likeness (QED) is 0.803. The molecular formula is C11H8ClN5OS2. The highest BCUT2D eigenvalue weighted by atomic mass is 35.5. The second kappa shape index (κ2) is 5.31. The van der Waals surface area contributed by atoms with Crippen molar-refractivity contribution in [1.29, 1.82) is 0 Å². The average Bonchev–Trinajstić information content (AvgIpc) is 3.10. The van der Waals surface area contributed by atoms with Crippen molar-refractivity contribution in [3.63, 3.8) is 0 Å². The highest BCUT2D eigenvalue weighted by Gasteiger charge is 2.14. The van der Waals surface area contributed by atoms with Gasteiger partial charge in [-0.15, -0.1) is 27.8 Å². The van der Waals surface area contributed by atoms with Crippen molar-refractivity contribution in [1.82, 2.24) is 20.0 Å². The smallest absolute Gasteiger partial charge is 0.277 e. The lowest BCUT2D eigenvalue weighted by atomic mass is 10.4. The molecule has 3 rings (SSSR count). The molecular weight excluding hydrogens is 318 g/mol. The lowest BCUT2D eigenvalue weighted by Gasteiger charge is -2.00. The SMILES string of the molecule is Cn1nncc1C(=O)Nc1nc(-c2ccc(Cl)s2)cs1. The first-order valence-electron chi connectivity index (χ1n) is 5.51. The van der Waals surface area contributed by atoms with Crippen LogP contribution in [0.3, 0.4) is 0 Å². The first kappa shape index (κ1) is 13.2. The van der Waals surface area contributed by atoms with Gasteiger partial charge in [0.1, 0.15) is 5.69 Å². The van der Waals surface area contributed by atoms with Crippen LogP contribution in [0, 0.1) is 0 Å². The van der Waals surface area contributed by atoms with E-state index in [0.717, 1.165) is 10.6 Å². The molecule has 0 unspecified atom stereocenters. The molecule has 3 aromatic heterocycles. The maximum absolute atomic E-state index is 12.0. The Morgan fingerprint density at radius 1 is 1.45 bits per heavy atom. The van der Waals surface area contributed by atoms with Crippen molar-refractivity contribution in [3.05, 3.63) is 33.7 Å². The third-order valence-corrected chi connectivity index (χ3v) is 4.51. The molecule has 1 N–H and O–H groups in total. The standard InChI is InChI=1S/C11H8ClN5OS2/c1-17-7(4-13-16-17)10(18)15-11-14-6(5-19-11)8-2-3-9(12)20-8/h2-5H,1H3,(H,14,15,18). The highest BCUT2D eigenvalue weighted by molar-refractivity contribution is 7.20.